The van der Waals surface area contributed by atoms with Gasteiger partial charge in [-0.15, -0.1) is 0 Å². The summed E-state index contributed by atoms with van der Waals surface area (Å²) in [6.45, 7) is -0.260. The quantitative estimate of drug-likeness (QED) is 0.448. The lowest BCUT2D eigenvalue weighted by atomic mass is 10.1. The molecule has 0 aromatic heterocycles. The molecule has 2 rings (SSSR count). The number of carbonyl (C=O) groups excluding carboxylic acids is 1. The van der Waals surface area contributed by atoms with Gasteiger partial charge in [0.05, 0.1) is 16.0 Å². The number of Topliss-reactive ketones (excluding diaryl/α,β-unsaturated/α-hetero) is 1. The number of rotatable bonds is 5. The number of ketones is 1. The average Bonchev–Trinajstić information content (AvgIpc) is 2.46. The molecule has 7 heteroatoms. The van der Waals surface area contributed by atoms with Gasteiger partial charge >= 0.3 is 0 Å². The van der Waals surface area contributed by atoms with Gasteiger partial charge in [-0.3, -0.25) is 14.9 Å². The molecule has 0 N–H and O–H groups in total. The molecule has 0 radical (unpaired) electrons. The summed E-state index contributed by atoms with van der Waals surface area (Å²) in [5, 5.41) is 10.9. The lowest BCUT2D eigenvalue weighted by Crippen LogP contribution is -2.12. The second-order valence-corrected chi connectivity index (χ2v) is 5.33. The zero-order valence-corrected chi connectivity index (χ0v) is 12.9. The van der Waals surface area contributed by atoms with E-state index in [0.717, 1.165) is 0 Å². The van der Waals surface area contributed by atoms with Crippen molar-refractivity contribution in [2.24, 2.45) is 0 Å². The number of non-ortho nitro benzene ring substituents is 1. The largest absolute Gasteiger partial charge is 0.484 e. The van der Waals surface area contributed by atoms with E-state index in [9.17, 15) is 14.9 Å². The molecule has 0 aliphatic heterocycles. The molecule has 5 nitrogen and oxygen atoms in total. The molecule has 0 saturated carbocycles. The van der Waals surface area contributed by atoms with Crippen LogP contribution in [0.15, 0.2) is 46.9 Å². The first-order chi connectivity index (χ1) is 9.99. The van der Waals surface area contributed by atoms with Crippen LogP contribution >= 0.6 is 27.5 Å². The Morgan fingerprint density at radius 1 is 1.29 bits per heavy atom. The van der Waals surface area contributed by atoms with Crippen molar-refractivity contribution in [3.63, 3.8) is 0 Å². The summed E-state index contributed by atoms with van der Waals surface area (Å²) in [5.41, 5.74) is 0.321. The Bertz CT molecular complexity index is 705. The van der Waals surface area contributed by atoms with Gasteiger partial charge in [-0.2, -0.15) is 0 Å². The summed E-state index contributed by atoms with van der Waals surface area (Å²) < 4.78 is 5.95. The summed E-state index contributed by atoms with van der Waals surface area (Å²) in [4.78, 5) is 22.2. The van der Waals surface area contributed by atoms with E-state index in [0.29, 0.717) is 10.0 Å². The van der Waals surface area contributed by atoms with Crippen molar-refractivity contribution in [2.45, 2.75) is 0 Å². The summed E-state index contributed by atoms with van der Waals surface area (Å²) in [6.07, 6.45) is 0. The topological polar surface area (TPSA) is 69.4 Å². The van der Waals surface area contributed by atoms with E-state index in [2.05, 4.69) is 15.9 Å². The maximum Gasteiger partial charge on any atom is 0.273 e. The van der Waals surface area contributed by atoms with Crippen LogP contribution in [-0.4, -0.2) is 17.3 Å². The van der Waals surface area contributed by atoms with Gasteiger partial charge in [0.25, 0.3) is 5.69 Å². The Kier molecular flexibility index (Phi) is 4.93. The van der Waals surface area contributed by atoms with Gasteiger partial charge in [-0.25, -0.2) is 0 Å². The summed E-state index contributed by atoms with van der Waals surface area (Å²) >= 11 is 9.17. The number of hydrogen-bond donors (Lipinski definition) is 0. The van der Waals surface area contributed by atoms with Crippen molar-refractivity contribution in [1.82, 2.24) is 0 Å². The normalized spacial score (nSPS) is 10.2. The minimum Gasteiger partial charge on any atom is -0.484 e. The standard InChI is InChI=1S/C14H9BrClNO4/c15-11-4-2-1-3-10(11)13(18)8-21-14-7-9(17(19)20)5-6-12(14)16/h1-7H,8H2. The van der Waals surface area contributed by atoms with E-state index in [1.54, 1.807) is 24.3 Å². The Labute approximate surface area is 133 Å². The van der Waals surface area contributed by atoms with Crippen LogP contribution in [0.5, 0.6) is 5.75 Å². The fourth-order valence-corrected chi connectivity index (χ4v) is 2.30. The highest BCUT2D eigenvalue weighted by Crippen LogP contribution is 2.29. The maximum atomic E-state index is 12.0. The fourth-order valence-electron chi connectivity index (χ4n) is 1.62. The highest BCUT2D eigenvalue weighted by Gasteiger charge is 2.14. The first-order valence-corrected chi connectivity index (χ1v) is 7.00. The molecule has 0 spiro atoms. The third-order valence-corrected chi connectivity index (χ3v) is 3.66. The predicted octanol–water partition coefficient (Wildman–Crippen LogP) is 4.27. The number of nitro groups is 1. The van der Waals surface area contributed by atoms with Gasteiger partial charge in [-0.1, -0.05) is 45.7 Å². The number of ether oxygens (including phenoxy) is 1. The number of carbonyl (C=O) groups is 1. The molecular weight excluding hydrogens is 362 g/mol. The maximum absolute atomic E-state index is 12.0. The van der Waals surface area contributed by atoms with E-state index in [1.807, 2.05) is 0 Å². The van der Waals surface area contributed by atoms with E-state index < -0.39 is 4.92 Å². The Hall–Kier alpha value is -1.92. The van der Waals surface area contributed by atoms with Gasteiger partial charge in [0, 0.05) is 16.1 Å². The minimum atomic E-state index is -0.557. The van der Waals surface area contributed by atoms with E-state index in [1.165, 1.54) is 18.2 Å². The molecule has 0 saturated heterocycles. The highest BCUT2D eigenvalue weighted by atomic mass is 79.9. The zero-order valence-electron chi connectivity index (χ0n) is 10.6. The third kappa shape index (κ3) is 3.80. The zero-order chi connectivity index (χ0) is 15.4. The molecule has 21 heavy (non-hydrogen) atoms. The SMILES string of the molecule is O=C(COc1cc([N+](=O)[O-])ccc1Cl)c1ccccc1Br. The lowest BCUT2D eigenvalue weighted by Gasteiger charge is -2.08. The van der Waals surface area contributed by atoms with Crippen molar-refractivity contribution < 1.29 is 14.5 Å². The molecule has 0 fully saturated rings. The van der Waals surface area contributed by atoms with Gasteiger partial charge in [0.2, 0.25) is 5.78 Å². The van der Waals surface area contributed by atoms with Crippen molar-refractivity contribution >= 4 is 39.0 Å². The third-order valence-electron chi connectivity index (χ3n) is 2.66. The molecule has 0 atom stereocenters. The van der Waals surface area contributed by atoms with Gasteiger partial charge in [0.1, 0.15) is 5.75 Å². The van der Waals surface area contributed by atoms with Crippen molar-refractivity contribution in [3.05, 3.63) is 67.6 Å². The number of benzene rings is 2. The van der Waals surface area contributed by atoms with Crippen LogP contribution in [0, 0.1) is 10.1 Å². The molecule has 0 aliphatic rings. The van der Waals surface area contributed by atoms with Crippen molar-refractivity contribution in [1.29, 1.82) is 0 Å². The van der Waals surface area contributed by atoms with Crippen LogP contribution in [-0.2, 0) is 0 Å². The molecule has 0 aliphatic carbocycles. The van der Waals surface area contributed by atoms with Gasteiger partial charge in [0.15, 0.2) is 6.61 Å². The number of nitrogens with zero attached hydrogens (tertiary/aromatic N) is 1. The Morgan fingerprint density at radius 3 is 2.67 bits per heavy atom. The molecule has 0 unspecified atom stereocenters. The Balaban J connectivity index is 2.13. The minimum absolute atomic E-state index is 0.103. The molecule has 0 amide bonds. The highest BCUT2D eigenvalue weighted by molar-refractivity contribution is 9.10. The number of nitro benzene ring substituents is 1. The fraction of sp³-hybridized carbons (Fsp3) is 0.0714. The van der Waals surface area contributed by atoms with E-state index in [-0.39, 0.29) is 28.8 Å². The summed E-state index contributed by atoms with van der Waals surface area (Å²) in [5.74, 6) is -0.156. The van der Waals surface area contributed by atoms with Crippen molar-refractivity contribution in [3.8, 4) is 5.75 Å². The van der Waals surface area contributed by atoms with E-state index in [4.69, 9.17) is 16.3 Å². The second-order valence-electron chi connectivity index (χ2n) is 4.06. The molecule has 2 aromatic rings. The first kappa shape index (κ1) is 15.5. The van der Waals surface area contributed by atoms with Gasteiger partial charge < -0.3 is 4.74 Å². The Morgan fingerprint density at radius 2 is 2.00 bits per heavy atom. The van der Waals surface area contributed by atoms with Crippen LogP contribution in [0.3, 0.4) is 0 Å². The van der Waals surface area contributed by atoms with Crippen LogP contribution in [0.2, 0.25) is 5.02 Å². The monoisotopic (exact) mass is 369 g/mol. The second kappa shape index (κ2) is 6.69. The van der Waals surface area contributed by atoms with Crippen LogP contribution in [0.25, 0.3) is 0 Å². The number of hydrogen-bond acceptors (Lipinski definition) is 4. The first-order valence-electron chi connectivity index (χ1n) is 5.83. The molecule has 0 bridgehead atoms. The smallest absolute Gasteiger partial charge is 0.273 e. The van der Waals surface area contributed by atoms with Crippen molar-refractivity contribution in [2.75, 3.05) is 6.61 Å². The molecule has 108 valence electrons. The molecular formula is C14H9BrClNO4. The van der Waals surface area contributed by atoms with Crippen LogP contribution in [0.4, 0.5) is 5.69 Å². The number of halogens is 2. The van der Waals surface area contributed by atoms with Crippen LogP contribution in [0.1, 0.15) is 10.4 Å². The van der Waals surface area contributed by atoms with E-state index >= 15 is 0 Å². The molecule has 2 aromatic carbocycles. The average molecular weight is 371 g/mol. The summed E-state index contributed by atoms with van der Waals surface area (Å²) in [6, 6.07) is 10.7. The molecule has 0 heterocycles. The van der Waals surface area contributed by atoms with Gasteiger partial charge in [-0.05, 0) is 12.1 Å². The summed E-state index contributed by atoms with van der Waals surface area (Å²) in [7, 11) is 0. The predicted molar refractivity (Wildman–Crippen MR) is 82.1 cm³/mol. The lowest BCUT2D eigenvalue weighted by molar-refractivity contribution is -0.384. The van der Waals surface area contributed by atoms with Crippen LogP contribution < -0.4 is 4.74 Å².